The molecule has 1 saturated heterocycles. The van der Waals surface area contributed by atoms with Crippen LogP contribution in [-0.2, 0) is 9.53 Å². The Morgan fingerprint density at radius 3 is 2.56 bits per heavy atom. The van der Waals surface area contributed by atoms with Crippen LogP contribution in [-0.4, -0.2) is 48.2 Å². The maximum absolute atomic E-state index is 12.4. The zero-order chi connectivity index (χ0) is 18.4. The van der Waals surface area contributed by atoms with Crippen molar-refractivity contribution in [1.82, 2.24) is 10.2 Å². The summed E-state index contributed by atoms with van der Waals surface area (Å²) in [7, 11) is 0. The highest BCUT2D eigenvalue weighted by molar-refractivity contribution is 5.86. The SMILES string of the molecule is Cc1ccc(OCCNC(=O)C2CCCN2C(=O)OC(C)(C)C)cc1. The van der Waals surface area contributed by atoms with Gasteiger partial charge in [0.25, 0.3) is 0 Å². The molecule has 1 fully saturated rings. The van der Waals surface area contributed by atoms with Gasteiger partial charge in [0, 0.05) is 6.54 Å². The maximum Gasteiger partial charge on any atom is 0.410 e. The predicted molar refractivity (Wildman–Crippen MR) is 95.6 cm³/mol. The van der Waals surface area contributed by atoms with E-state index >= 15 is 0 Å². The lowest BCUT2D eigenvalue weighted by Crippen LogP contribution is -2.48. The standard InChI is InChI=1S/C19H28N2O4/c1-14-7-9-15(10-8-14)24-13-11-20-17(22)16-6-5-12-21(16)18(23)25-19(2,3)4/h7-10,16H,5-6,11-13H2,1-4H3,(H,20,22). The Balaban J connectivity index is 1.77. The van der Waals surface area contributed by atoms with Crippen molar-refractivity contribution in [3.8, 4) is 5.75 Å². The zero-order valence-corrected chi connectivity index (χ0v) is 15.5. The van der Waals surface area contributed by atoms with Gasteiger partial charge in [-0.3, -0.25) is 9.69 Å². The molecule has 1 N–H and O–H groups in total. The maximum atomic E-state index is 12.4. The second-order valence-electron chi connectivity index (χ2n) is 7.28. The summed E-state index contributed by atoms with van der Waals surface area (Å²) in [6.45, 7) is 8.80. The fraction of sp³-hybridized carbons (Fsp3) is 0.579. The Bertz CT molecular complexity index is 592. The molecule has 0 aliphatic carbocycles. The van der Waals surface area contributed by atoms with E-state index in [0.29, 0.717) is 26.1 Å². The van der Waals surface area contributed by atoms with Gasteiger partial charge in [-0.15, -0.1) is 0 Å². The van der Waals surface area contributed by atoms with E-state index in [-0.39, 0.29) is 5.91 Å². The van der Waals surface area contributed by atoms with Gasteiger partial charge in [-0.25, -0.2) is 4.79 Å². The molecular weight excluding hydrogens is 320 g/mol. The molecule has 1 heterocycles. The van der Waals surface area contributed by atoms with Crippen LogP contribution >= 0.6 is 0 Å². The van der Waals surface area contributed by atoms with Gasteiger partial charge in [-0.1, -0.05) is 17.7 Å². The van der Waals surface area contributed by atoms with Gasteiger partial charge in [-0.2, -0.15) is 0 Å². The van der Waals surface area contributed by atoms with E-state index in [1.165, 1.54) is 10.5 Å². The third-order valence-corrected chi connectivity index (χ3v) is 3.87. The van der Waals surface area contributed by atoms with Gasteiger partial charge in [0.15, 0.2) is 0 Å². The predicted octanol–water partition coefficient (Wildman–Crippen LogP) is 2.89. The van der Waals surface area contributed by atoms with E-state index in [0.717, 1.165) is 12.2 Å². The van der Waals surface area contributed by atoms with E-state index in [9.17, 15) is 9.59 Å². The van der Waals surface area contributed by atoms with Crippen LogP contribution in [0.3, 0.4) is 0 Å². The number of amides is 2. The first-order chi connectivity index (χ1) is 11.8. The zero-order valence-electron chi connectivity index (χ0n) is 15.5. The molecule has 0 spiro atoms. The summed E-state index contributed by atoms with van der Waals surface area (Å²) in [4.78, 5) is 26.1. The number of rotatable bonds is 5. The van der Waals surface area contributed by atoms with Crippen molar-refractivity contribution >= 4 is 12.0 Å². The van der Waals surface area contributed by atoms with Crippen LogP contribution in [0.25, 0.3) is 0 Å². The first-order valence-electron chi connectivity index (χ1n) is 8.73. The highest BCUT2D eigenvalue weighted by Gasteiger charge is 2.36. The third kappa shape index (κ3) is 5.96. The first-order valence-corrected chi connectivity index (χ1v) is 8.73. The van der Waals surface area contributed by atoms with Crippen LogP contribution in [0.15, 0.2) is 24.3 Å². The smallest absolute Gasteiger partial charge is 0.410 e. The fourth-order valence-corrected chi connectivity index (χ4v) is 2.67. The molecule has 2 rings (SSSR count). The molecule has 0 radical (unpaired) electrons. The molecule has 6 heteroatoms. The molecule has 1 atom stereocenters. The van der Waals surface area contributed by atoms with E-state index in [1.807, 2.05) is 52.0 Å². The summed E-state index contributed by atoms with van der Waals surface area (Å²) in [5.74, 6) is 0.618. The average molecular weight is 348 g/mol. The lowest BCUT2D eigenvalue weighted by Gasteiger charge is -2.28. The molecule has 0 saturated carbocycles. The van der Waals surface area contributed by atoms with E-state index in [4.69, 9.17) is 9.47 Å². The van der Waals surface area contributed by atoms with Gasteiger partial charge < -0.3 is 14.8 Å². The van der Waals surface area contributed by atoms with Gasteiger partial charge in [0.05, 0.1) is 6.54 Å². The van der Waals surface area contributed by atoms with Crippen molar-refractivity contribution in [2.24, 2.45) is 0 Å². The van der Waals surface area contributed by atoms with Gasteiger partial charge in [0.2, 0.25) is 5.91 Å². The second kappa shape index (κ2) is 8.23. The number of benzene rings is 1. The number of hydrogen-bond acceptors (Lipinski definition) is 4. The van der Waals surface area contributed by atoms with Crippen LogP contribution < -0.4 is 10.1 Å². The normalized spacial score (nSPS) is 17.3. The van der Waals surface area contributed by atoms with E-state index < -0.39 is 17.7 Å². The molecule has 1 aromatic rings. The fourth-order valence-electron chi connectivity index (χ4n) is 2.67. The van der Waals surface area contributed by atoms with Gasteiger partial charge >= 0.3 is 6.09 Å². The molecule has 2 amide bonds. The highest BCUT2D eigenvalue weighted by Crippen LogP contribution is 2.21. The molecule has 0 bridgehead atoms. The second-order valence-corrected chi connectivity index (χ2v) is 7.28. The Morgan fingerprint density at radius 1 is 1.24 bits per heavy atom. The topological polar surface area (TPSA) is 67.9 Å². The van der Waals surface area contributed by atoms with Crippen molar-refractivity contribution in [3.05, 3.63) is 29.8 Å². The van der Waals surface area contributed by atoms with E-state index in [1.54, 1.807) is 0 Å². The number of likely N-dealkylation sites (tertiary alicyclic amines) is 1. The van der Waals surface area contributed by atoms with Gasteiger partial charge in [0.1, 0.15) is 24.0 Å². The molecule has 1 aliphatic heterocycles. The van der Waals surface area contributed by atoms with Crippen LogP contribution in [0.2, 0.25) is 0 Å². The van der Waals surface area contributed by atoms with Gasteiger partial charge in [-0.05, 0) is 52.7 Å². The minimum atomic E-state index is -0.567. The molecule has 25 heavy (non-hydrogen) atoms. The Kier molecular flexibility index (Phi) is 6.28. The molecular formula is C19H28N2O4. The first kappa shape index (κ1) is 19.1. The molecule has 1 aliphatic rings. The Labute approximate surface area is 149 Å². The number of nitrogens with one attached hydrogen (secondary N) is 1. The summed E-state index contributed by atoms with van der Waals surface area (Å²) in [5, 5.41) is 2.84. The summed E-state index contributed by atoms with van der Waals surface area (Å²) < 4.78 is 11.0. The lowest BCUT2D eigenvalue weighted by molar-refractivity contribution is -0.125. The molecule has 138 valence electrons. The summed E-state index contributed by atoms with van der Waals surface area (Å²) in [5.41, 5.74) is 0.604. The van der Waals surface area contributed by atoms with Crippen LogP contribution in [0.4, 0.5) is 4.79 Å². The highest BCUT2D eigenvalue weighted by atomic mass is 16.6. The number of hydrogen-bond donors (Lipinski definition) is 1. The number of aryl methyl sites for hydroxylation is 1. The van der Waals surface area contributed by atoms with Crippen LogP contribution in [0, 0.1) is 6.92 Å². The summed E-state index contributed by atoms with van der Waals surface area (Å²) >= 11 is 0. The lowest BCUT2D eigenvalue weighted by atomic mass is 10.2. The molecule has 1 unspecified atom stereocenters. The number of ether oxygens (including phenoxy) is 2. The van der Waals surface area contributed by atoms with Crippen molar-refractivity contribution in [1.29, 1.82) is 0 Å². The number of carbonyl (C=O) groups is 2. The average Bonchev–Trinajstić information content (AvgIpc) is 3.01. The quantitative estimate of drug-likeness (QED) is 0.831. The summed E-state index contributed by atoms with van der Waals surface area (Å²) in [6.07, 6.45) is 1.03. The number of nitrogens with zero attached hydrogens (tertiary/aromatic N) is 1. The van der Waals surface area contributed by atoms with Crippen molar-refractivity contribution in [3.63, 3.8) is 0 Å². The molecule has 1 aromatic carbocycles. The molecule has 6 nitrogen and oxygen atoms in total. The van der Waals surface area contributed by atoms with Crippen molar-refractivity contribution in [2.75, 3.05) is 19.7 Å². The largest absolute Gasteiger partial charge is 0.492 e. The Hall–Kier alpha value is -2.24. The van der Waals surface area contributed by atoms with Crippen LogP contribution in [0.5, 0.6) is 5.75 Å². The minimum Gasteiger partial charge on any atom is -0.492 e. The number of carbonyl (C=O) groups excluding carboxylic acids is 2. The monoisotopic (exact) mass is 348 g/mol. The molecule has 0 aromatic heterocycles. The van der Waals surface area contributed by atoms with Crippen molar-refractivity contribution in [2.45, 2.75) is 52.2 Å². The minimum absolute atomic E-state index is 0.157. The van der Waals surface area contributed by atoms with Crippen molar-refractivity contribution < 1.29 is 19.1 Å². The van der Waals surface area contributed by atoms with Crippen LogP contribution in [0.1, 0.15) is 39.2 Å². The van der Waals surface area contributed by atoms with E-state index in [2.05, 4.69) is 5.32 Å². The Morgan fingerprint density at radius 2 is 1.92 bits per heavy atom. The summed E-state index contributed by atoms with van der Waals surface area (Å²) in [6, 6.07) is 7.29. The third-order valence-electron chi connectivity index (χ3n) is 3.87.